The molecule has 0 bridgehead atoms. The van der Waals surface area contributed by atoms with Crippen LogP contribution in [0.3, 0.4) is 0 Å². The van der Waals surface area contributed by atoms with Crippen LogP contribution in [0.1, 0.15) is 10.6 Å². The Balaban J connectivity index is 1.66. The lowest BCUT2D eigenvalue weighted by molar-refractivity contribution is -0.654. The largest absolute Gasteiger partial charge is 0.327 e. The Bertz CT molecular complexity index is 1140. The van der Waals surface area contributed by atoms with E-state index in [1.165, 1.54) is 23.5 Å². The molecule has 0 spiro atoms. The van der Waals surface area contributed by atoms with E-state index in [4.69, 9.17) is 5.10 Å². The zero-order valence-electron chi connectivity index (χ0n) is 15.3. The quantitative estimate of drug-likeness (QED) is 0.272. The van der Waals surface area contributed by atoms with E-state index >= 15 is 0 Å². The van der Waals surface area contributed by atoms with E-state index < -0.39 is 4.92 Å². The number of nitrogens with one attached hydrogen (secondary N) is 1. The first-order chi connectivity index (χ1) is 14.2. The minimum atomic E-state index is -0.401. The SMILES string of the molecule is O=[N+]([O-])c1ccc(/C=C/c2sc(Nc3ccccc3)n[n+]2-c2ccccc2)cc1. The molecule has 1 N–H and O–H groups in total. The number of nitrogens with zero attached hydrogens (tertiary/aromatic N) is 3. The van der Waals surface area contributed by atoms with Crippen molar-refractivity contribution in [1.29, 1.82) is 0 Å². The van der Waals surface area contributed by atoms with Crippen molar-refractivity contribution in [2.75, 3.05) is 5.32 Å². The predicted molar refractivity (Wildman–Crippen MR) is 115 cm³/mol. The van der Waals surface area contributed by atoms with Crippen molar-refractivity contribution in [1.82, 2.24) is 5.10 Å². The predicted octanol–water partition coefficient (Wildman–Crippen LogP) is 5.24. The molecule has 1 heterocycles. The zero-order chi connectivity index (χ0) is 20.1. The van der Waals surface area contributed by atoms with Crippen molar-refractivity contribution in [3.8, 4) is 5.69 Å². The van der Waals surface area contributed by atoms with E-state index in [0.29, 0.717) is 0 Å². The zero-order valence-corrected chi connectivity index (χ0v) is 16.1. The molecule has 3 aromatic carbocycles. The second kappa shape index (κ2) is 8.45. The van der Waals surface area contributed by atoms with Crippen LogP contribution in [0.5, 0.6) is 0 Å². The standard InChI is InChI=1S/C22H17N4O2S/c27-26(28)20-14-11-17(12-15-20)13-16-21-25(19-9-5-2-6-10-19)24-22(29-21)23-18-7-3-1-4-8-18/h1-16H,(H,23,24)/q+1/b16-13+. The molecule has 0 atom stereocenters. The summed E-state index contributed by atoms with van der Waals surface area (Å²) in [7, 11) is 0. The van der Waals surface area contributed by atoms with Gasteiger partial charge in [-0.2, -0.15) is 0 Å². The number of anilines is 2. The van der Waals surface area contributed by atoms with Gasteiger partial charge in [0.2, 0.25) is 5.69 Å². The van der Waals surface area contributed by atoms with Crippen LogP contribution in [0.15, 0.2) is 84.9 Å². The fourth-order valence-corrected chi connectivity index (χ4v) is 3.59. The summed E-state index contributed by atoms with van der Waals surface area (Å²) in [6, 6.07) is 26.2. The smallest absolute Gasteiger partial charge is 0.297 e. The van der Waals surface area contributed by atoms with Gasteiger partial charge in [-0.25, -0.2) is 0 Å². The maximum atomic E-state index is 10.8. The number of rotatable bonds is 6. The summed E-state index contributed by atoms with van der Waals surface area (Å²) in [5.41, 5.74) is 2.87. The van der Waals surface area contributed by atoms with Crippen molar-refractivity contribution in [3.63, 3.8) is 0 Å². The van der Waals surface area contributed by atoms with Gasteiger partial charge < -0.3 is 5.32 Å². The lowest BCUT2D eigenvalue weighted by Crippen LogP contribution is -2.35. The van der Waals surface area contributed by atoms with E-state index in [1.54, 1.807) is 12.1 Å². The summed E-state index contributed by atoms with van der Waals surface area (Å²) in [6.07, 6.45) is 3.88. The van der Waals surface area contributed by atoms with E-state index in [0.717, 1.165) is 27.1 Å². The molecule has 4 rings (SSSR count). The number of non-ortho nitro benzene ring substituents is 1. The Hall–Kier alpha value is -3.84. The Morgan fingerprint density at radius 2 is 1.55 bits per heavy atom. The average Bonchev–Trinajstić information content (AvgIpc) is 3.16. The van der Waals surface area contributed by atoms with Crippen LogP contribution in [0.4, 0.5) is 16.5 Å². The Labute approximate surface area is 171 Å². The number of benzene rings is 3. The highest BCUT2D eigenvalue weighted by Crippen LogP contribution is 2.23. The molecule has 6 nitrogen and oxygen atoms in total. The van der Waals surface area contributed by atoms with Crippen LogP contribution in [-0.2, 0) is 0 Å². The van der Waals surface area contributed by atoms with Gasteiger partial charge in [-0.1, -0.05) is 36.4 Å². The fourth-order valence-electron chi connectivity index (χ4n) is 2.73. The van der Waals surface area contributed by atoms with Crippen molar-refractivity contribution >= 4 is 40.0 Å². The van der Waals surface area contributed by atoms with Gasteiger partial charge in [0, 0.05) is 41.1 Å². The van der Waals surface area contributed by atoms with Crippen LogP contribution >= 0.6 is 11.3 Å². The van der Waals surface area contributed by atoms with Crippen LogP contribution in [-0.4, -0.2) is 10.0 Å². The Morgan fingerprint density at radius 3 is 2.21 bits per heavy atom. The number of hydrogen-bond acceptors (Lipinski definition) is 5. The first-order valence-electron chi connectivity index (χ1n) is 8.92. The van der Waals surface area contributed by atoms with Gasteiger partial charge in [0.05, 0.1) is 4.92 Å². The maximum Gasteiger partial charge on any atom is 0.297 e. The highest BCUT2D eigenvalue weighted by molar-refractivity contribution is 7.15. The van der Waals surface area contributed by atoms with Crippen molar-refractivity contribution in [2.24, 2.45) is 0 Å². The molecule has 0 saturated heterocycles. The number of nitro benzene ring substituents is 1. The molecule has 0 aliphatic heterocycles. The van der Waals surface area contributed by atoms with Gasteiger partial charge in [0.1, 0.15) is 0 Å². The molecule has 0 aliphatic carbocycles. The fraction of sp³-hybridized carbons (Fsp3) is 0. The summed E-state index contributed by atoms with van der Waals surface area (Å²) < 4.78 is 1.87. The number of nitro groups is 1. The van der Waals surface area contributed by atoms with Crippen molar-refractivity contribution in [2.45, 2.75) is 0 Å². The molecule has 29 heavy (non-hydrogen) atoms. The molecule has 0 aliphatic rings. The van der Waals surface area contributed by atoms with Gasteiger partial charge in [-0.3, -0.25) is 10.1 Å². The van der Waals surface area contributed by atoms with Crippen LogP contribution < -0.4 is 10.00 Å². The first-order valence-corrected chi connectivity index (χ1v) is 9.74. The van der Waals surface area contributed by atoms with Crippen LogP contribution in [0.25, 0.3) is 17.8 Å². The lowest BCUT2D eigenvalue weighted by atomic mass is 10.2. The molecule has 142 valence electrons. The second-order valence-electron chi connectivity index (χ2n) is 6.17. The third-order valence-corrected chi connectivity index (χ3v) is 5.04. The molecule has 0 amide bonds. The van der Waals surface area contributed by atoms with Crippen LogP contribution in [0, 0.1) is 10.1 Å². The molecule has 4 aromatic rings. The highest BCUT2D eigenvalue weighted by Gasteiger charge is 2.20. The topological polar surface area (TPSA) is 71.9 Å². The summed E-state index contributed by atoms with van der Waals surface area (Å²) >= 11 is 1.52. The van der Waals surface area contributed by atoms with E-state index in [1.807, 2.05) is 77.5 Å². The van der Waals surface area contributed by atoms with Crippen LogP contribution in [0.2, 0.25) is 0 Å². The molecule has 0 radical (unpaired) electrons. The monoisotopic (exact) mass is 401 g/mol. The van der Waals surface area contributed by atoms with Gasteiger partial charge in [-0.05, 0) is 51.9 Å². The third-order valence-electron chi connectivity index (χ3n) is 4.15. The summed E-state index contributed by atoms with van der Waals surface area (Å²) in [6.45, 7) is 0. The van der Waals surface area contributed by atoms with Gasteiger partial charge in [-0.15, -0.1) is 0 Å². The third kappa shape index (κ3) is 4.53. The van der Waals surface area contributed by atoms with Gasteiger partial charge in [0.25, 0.3) is 15.8 Å². The molecular weight excluding hydrogens is 384 g/mol. The van der Waals surface area contributed by atoms with Crippen molar-refractivity contribution < 1.29 is 9.61 Å². The highest BCUT2D eigenvalue weighted by atomic mass is 32.1. The Kier molecular flexibility index (Phi) is 5.40. The van der Waals surface area contributed by atoms with E-state index in [2.05, 4.69) is 5.32 Å². The lowest BCUT2D eigenvalue weighted by Gasteiger charge is -1.97. The van der Waals surface area contributed by atoms with Crippen molar-refractivity contribution in [3.05, 3.63) is 106 Å². The summed E-state index contributed by atoms with van der Waals surface area (Å²) in [5, 5.41) is 20.5. The minimum absolute atomic E-state index is 0.0774. The van der Waals surface area contributed by atoms with E-state index in [9.17, 15) is 10.1 Å². The maximum absolute atomic E-state index is 10.8. The molecule has 0 fully saturated rings. The molecule has 0 unspecified atom stereocenters. The second-order valence-corrected chi connectivity index (χ2v) is 7.17. The molecule has 0 saturated carbocycles. The first kappa shape index (κ1) is 18.5. The average molecular weight is 401 g/mol. The number of para-hydroxylation sites is 2. The summed E-state index contributed by atoms with van der Waals surface area (Å²) in [5.74, 6) is 0. The minimum Gasteiger partial charge on any atom is -0.327 e. The van der Waals surface area contributed by atoms with E-state index in [-0.39, 0.29) is 5.69 Å². The summed E-state index contributed by atoms with van der Waals surface area (Å²) in [4.78, 5) is 10.4. The molecular formula is C22H17N4O2S+. The number of aromatic nitrogens is 2. The number of hydrogen-bond donors (Lipinski definition) is 1. The van der Waals surface area contributed by atoms with Gasteiger partial charge in [0.15, 0.2) is 0 Å². The molecule has 7 heteroatoms. The molecule has 1 aromatic heterocycles. The Morgan fingerprint density at radius 1 is 0.897 bits per heavy atom. The van der Waals surface area contributed by atoms with Gasteiger partial charge >= 0.3 is 0 Å². The normalized spacial score (nSPS) is 10.9.